The van der Waals surface area contributed by atoms with Gasteiger partial charge in [-0.2, -0.15) is 31.1 Å². The van der Waals surface area contributed by atoms with Crippen molar-refractivity contribution in [2.75, 3.05) is 0 Å². The highest BCUT2D eigenvalue weighted by atomic mass is 32.2. The number of sulfonamides is 1. The van der Waals surface area contributed by atoms with Gasteiger partial charge in [-0.05, 0) is 31.2 Å². The molecule has 1 atom stereocenters. The zero-order valence-corrected chi connectivity index (χ0v) is 18.3. The van der Waals surface area contributed by atoms with Gasteiger partial charge in [0.25, 0.3) is 0 Å². The average molecular weight is 516 g/mol. The molecular weight excluding hydrogens is 502 g/mol. The van der Waals surface area contributed by atoms with Crippen LogP contribution in [0.5, 0.6) is 0 Å². The van der Waals surface area contributed by atoms with Gasteiger partial charge in [-0.25, -0.2) is 18.4 Å². The Labute approximate surface area is 193 Å². The van der Waals surface area contributed by atoms with E-state index in [-0.39, 0.29) is 28.2 Å². The number of hydrogen-bond acceptors (Lipinski definition) is 6. The third kappa shape index (κ3) is 4.95. The van der Waals surface area contributed by atoms with E-state index in [1.807, 2.05) is 0 Å². The lowest BCUT2D eigenvalue weighted by atomic mass is 10.2. The molecule has 15 heteroatoms. The van der Waals surface area contributed by atoms with Gasteiger partial charge in [0.05, 0.1) is 23.1 Å². The molecule has 0 aliphatic rings. The van der Waals surface area contributed by atoms with Gasteiger partial charge in [-0.15, -0.1) is 0 Å². The molecule has 0 saturated carbocycles. The fourth-order valence-corrected chi connectivity index (χ4v) is 4.31. The minimum absolute atomic E-state index is 0.0969. The van der Waals surface area contributed by atoms with E-state index in [0.717, 1.165) is 18.3 Å². The predicted molar refractivity (Wildman–Crippen MR) is 111 cm³/mol. The van der Waals surface area contributed by atoms with Crippen LogP contribution < -0.4 is 4.72 Å². The van der Waals surface area contributed by atoms with E-state index >= 15 is 0 Å². The quantitative estimate of drug-likeness (QED) is 0.401. The normalized spacial score (nSPS) is 13.8. The number of alkyl halides is 6. The molecule has 8 nitrogen and oxygen atoms in total. The summed E-state index contributed by atoms with van der Waals surface area (Å²) in [7, 11) is -4.55. The molecule has 0 amide bonds. The number of fused-ring (bicyclic) bond motifs is 1. The molecular formula is C20H14F6N6O2S. The van der Waals surface area contributed by atoms with Gasteiger partial charge in [0.2, 0.25) is 10.0 Å². The summed E-state index contributed by atoms with van der Waals surface area (Å²) in [6.45, 7) is 0.654. The molecule has 4 aromatic heterocycles. The van der Waals surface area contributed by atoms with Crippen LogP contribution in [0.2, 0.25) is 0 Å². The standard InChI is InChI=1S/C20H14F6N6O2S/c1-11(19(21,22)23)31-35(33,34)14-2-3-15(29-9-14)16-7-12-6-13(20(24,25)26)8-30-18(12)32(16)17-10-27-4-5-28-17/h2-11,31H,1H3. The number of pyridine rings is 2. The molecule has 4 heterocycles. The maximum atomic E-state index is 13.2. The Bertz CT molecular complexity index is 1470. The fraction of sp³-hybridized carbons (Fsp3) is 0.200. The summed E-state index contributed by atoms with van der Waals surface area (Å²) < 4.78 is 105. The Kier molecular flexibility index (Phi) is 6.00. The monoisotopic (exact) mass is 516 g/mol. The number of rotatable bonds is 5. The first-order valence-corrected chi connectivity index (χ1v) is 11.2. The summed E-state index contributed by atoms with van der Waals surface area (Å²) in [5, 5.41) is 0.0969. The van der Waals surface area contributed by atoms with Crippen LogP contribution >= 0.6 is 0 Å². The number of nitrogens with zero attached hydrogens (tertiary/aromatic N) is 5. The molecule has 184 valence electrons. The zero-order chi connectivity index (χ0) is 25.6. The van der Waals surface area contributed by atoms with E-state index in [1.165, 1.54) is 40.0 Å². The Balaban J connectivity index is 1.81. The third-order valence-electron chi connectivity index (χ3n) is 4.88. The smallest absolute Gasteiger partial charge is 0.275 e. The Hall–Kier alpha value is -3.59. The molecule has 35 heavy (non-hydrogen) atoms. The second-order valence-corrected chi connectivity index (χ2v) is 9.04. The van der Waals surface area contributed by atoms with E-state index in [0.29, 0.717) is 13.1 Å². The lowest BCUT2D eigenvalue weighted by molar-refractivity contribution is -0.147. The molecule has 0 aliphatic carbocycles. The van der Waals surface area contributed by atoms with E-state index in [2.05, 4.69) is 19.9 Å². The number of halogens is 6. The summed E-state index contributed by atoms with van der Waals surface area (Å²) in [6, 6.07) is 2.15. The fourth-order valence-electron chi connectivity index (χ4n) is 3.13. The van der Waals surface area contributed by atoms with Crippen LogP contribution in [-0.4, -0.2) is 45.1 Å². The molecule has 0 aromatic carbocycles. The molecule has 0 fully saturated rings. The Morgan fingerprint density at radius 3 is 2.26 bits per heavy atom. The number of nitrogens with one attached hydrogen (secondary N) is 1. The highest BCUT2D eigenvalue weighted by Crippen LogP contribution is 2.34. The lowest BCUT2D eigenvalue weighted by Crippen LogP contribution is -2.42. The summed E-state index contributed by atoms with van der Waals surface area (Å²) in [5.41, 5.74) is -0.572. The molecule has 1 unspecified atom stereocenters. The Morgan fingerprint density at radius 1 is 0.943 bits per heavy atom. The van der Waals surface area contributed by atoms with Crippen molar-refractivity contribution in [2.45, 2.75) is 30.2 Å². The molecule has 4 rings (SSSR count). The molecule has 0 aliphatic heterocycles. The van der Waals surface area contributed by atoms with Gasteiger partial charge >= 0.3 is 12.4 Å². The van der Waals surface area contributed by atoms with Crippen molar-refractivity contribution in [3.8, 4) is 17.2 Å². The maximum absolute atomic E-state index is 13.2. The van der Waals surface area contributed by atoms with Crippen molar-refractivity contribution in [3.63, 3.8) is 0 Å². The highest BCUT2D eigenvalue weighted by molar-refractivity contribution is 7.89. The van der Waals surface area contributed by atoms with Crippen LogP contribution in [0.25, 0.3) is 28.2 Å². The second kappa shape index (κ2) is 8.57. The van der Waals surface area contributed by atoms with Crippen molar-refractivity contribution in [1.29, 1.82) is 0 Å². The molecule has 1 N–H and O–H groups in total. The molecule has 4 aromatic rings. The van der Waals surface area contributed by atoms with Crippen molar-refractivity contribution in [3.05, 3.63) is 60.8 Å². The van der Waals surface area contributed by atoms with Gasteiger partial charge in [-0.1, -0.05) is 0 Å². The van der Waals surface area contributed by atoms with Crippen molar-refractivity contribution in [1.82, 2.24) is 29.2 Å². The van der Waals surface area contributed by atoms with E-state index in [9.17, 15) is 34.8 Å². The Morgan fingerprint density at radius 2 is 1.69 bits per heavy atom. The van der Waals surface area contributed by atoms with E-state index < -0.39 is 38.9 Å². The first-order valence-electron chi connectivity index (χ1n) is 9.68. The SMILES string of the molecule is CC(NS(=O)(=O)c1ccc(-c2cc3cc(C(F)(F)F)cnc3n2-c2cnccn2)nc1)C(F)(F)F. The van der Waals surface area contributed by atoms with Crippen molar-refractivity contribution >= 4 is 21.1 Å². The summed E-state index contributed by atoms with van der Waals surface area (Å²) >= 11 is 0. The van der Waals surface area contributed by atoms with Crippen LogP contribution in [0.15, 0.2) is 60.1 Å². The van der Waals surface area contributed by atoms with Gasteiger partial charge in [0.1, 0.15) is 16.6 Å². The summed E-state index contributed by atoms with van der Waals surface area (Å²) in [6.07, 6.45) is -3.85. The summed E-state index contributed by atoms with van der Waals surface area (Å²) in [4.78, 5) is 15.5. The topological polar surface area (TPSA) is 103 Å². The lowest BCUT2D eigenvalue weighted by Gasteiger charge is -2.17. The first-order chi connectivity index (χ1) is 16.3. The zero-order valence-electron chi connectivity index (χ0n) is 17.5. The summed E-state index contributed by atoms with van der Waals surface area (Å²) in [5.74, 6) is 0.198. The van der Waals surface area contributed by atoms with Crippen LogP contribution in [0.1, 0.15) is 12.5 Å². The first kappa shape index (κ1) is 24.5. The number of hydrogen-bond donors (Lipinski definition) is 1. The van der Waals surface area contributed by atoms with Crippen molar-refractivity contribution in [2.24, 2.45) is 0 Å². The molecule has 0 saturated heterocycles. The van der Waals surface area contributed by atoms with Crippen LogP contribution in [0.4, 0.5) is 26.3 Å². The molecule has 0 bridgehead atoms. The van der Waals surface area contributed by atoms with Crippen LogP contribution in [0, 0.1) is 0 Å². The van der Waals surface area contributed by atoms with Gasteiger partial charge in [-0.3, -0.25) is 14.5 Å². The third-order valence-corrected chi connectivity index (χ3v) is 6.40. The highest BCUT2D eigenvalue weighted by Gasteiger charge is 2.39. The van der Waals surface area contributed by atoms with Crippen molar-refractivity contribution < 1.29 is 34.8 Å². The minimum Gasteiger partial charge on any atom is -0.275 e. The molecule has 0 spiro atoms. The maximum Gasteiger partial charge on any atom is 0.417 e. The van der Waals surface area contributed by atoms with Gasteiger partial charge in [0.15, 0.2) is 5.82 Å². The number of aromatic nitrogens is 5. The van der Waals surface area contributed by atoms with Crippen LogP contribution in [-0.2, 0) is 16.2 Å². The minimum atomic E-state index is -4.79. The molecule has 0 radical (unpaired) electrons. The predicted octanol–water partition coefficient (Wildman–Crippen LogP) is 4.13. The van der Waals surface area contributed by atoms with Gasteiger partial charge < -0.3 is 0 Å². The largest absolute Gasteiger partial charge is 0.417 e. The second-order valence-electron chi connectivity index (χ2n) is 7.33. The van der Waals surface area contributed by atoms with Crippen LogP contribution in [0.3, 0.4) is 0 Å². The van der Waals surface area contributed by atoms with E-state index in [4.69, 9.17) is 0 Å². The van der Waals surface area contributed by atoms with E-state index in [1.54, 1.807) is 0 Å². The average Bonchev–Trinajstić information content (AvgIpc) is 3.17. The van der Waals surface area contributed by atoms with Gasteiger partial charge in [0, 0.05) is 30.2 Å².